The molecule has 1 aromatic carbocycles. The summed E-state index contributed by atoms with van der Waals surface area (Å²) in [5, 5.41) is 8.94. The molecule has 0 radical (unpaired) electrons. The molecule has 1 N–H and O–H groups in total. The van der Waals surface area contributed by atoms with Gasteiger partial charge in [0, 0.05) is 13.2 Å². The van der Waals surface area contributed by atoms with Gasteiger partial charge in [0.1, 0.15) is 0 Å². The molecule has 1 heterocycles. The molecule has 112 valence electrons. The van der Waals surface area contributed by atoms with Gasteiger partial charge in [-0.15, -0.1) is 0 Å². The second-order valence-electron chi connectivity index (χ2n) is 4.98. The largest absolute Gasteiger partial charge is 0.392 e. The Kier molecular flexibility index (Phi) is 4.29. The number of benzene rings is 1. The Morgan fingerprint density at radius 1 is 1.14 bits per heavy atom. The zero-order valence-electron chi connectivity index (χ0n) is 12.2. The van der Waals surface area contributed by atoms with E-state index in [0.29, 0.717) is 11.3 Å². The minimum absolute atomic E-state index is 0.0404. The standard InChI is InChI=1S/C15H18N2O3S/c1-11-6-12(2)8-14(7-11)17(3)21(19,20)15-5-4-13(10-18)9-16-15/h4-9,18H,10H2,1-3H3. The van der Waals surface area contributed by atoms with E-state index in [1.54, 1.807) is 6.07 Å². The number of hydrogen-bond donors (Lipinski definition) is 1. The Morgan fingerprint density at radius 3 is 2.24 bits per heavy atom. The molecule has 0 bridgehead atoms. The van der Waals surface area contributed by atoms with Crippen molar-refractivity contribution in [3.8, 4) is 0 Å². The number of aromatic nitrogens is 1. The van der Waals surface area contributed by atoms with Gasteiger partial charge in [0.2, 0.25) is 0 Å². The van der Waals surface area contributed by atoms with Gasteiger partial charge in [-0.1, -0.05) is 12.1 Å². The Bertz CT molecular complexity index is 720. The molecule has 5 nitrogen and oxygen atoms in total. The summed E-state index contributed by atoms with van der Waals surface area (Å²) in [6, 6.07) is 8.56. The van der Waals surface area contributed by atoms with E-state index in [1.807, 2.05) is 32.0 Å². The molecule has 0 aliphatic carbocycles. The van der Waals surface area contributed by atoms with Crippen LogP contribution in [-0.4, -0.2) is 25.6 Å². The number of hydrogen-bond acceptors (Lipinski definition) is 4. The van der Waals surface area contributed by atoms with Crippen LogP contribution in [0, 0.1) is 13.8 Å². The number of rotatable bonds is 4. The number of sulfonamides is 1. The summed E-state index contributed by atoms with van der Waals surface area (Å²) in [5.74, 6) is 0. The summed E-state index contributed by atoms with van der Waals surface area (Å²) in [6.07, 6.45) is 1.36. The van der Waals surface area contributed by atoms with Crippen molar-refractivity contribution in [1.82, 2.24) is 4.98 Å². The van der Waals surface area contributed by atoms with E-state index in [4.69, 9.17) is 5.11 Å². The fourth-order valence-electron chi connectivity index (χ4n) is 2.07. The molecule has 0 spiro atoms. The van der Waals surface area contributed by atoms with Crippen molar-refractivity contribution in [2.45, 2.75) is 25.5 Å². The van der Waals surface area contributed by atoms with E-state index in [1.165, 1.54) is 23.6 Å². The van der Waals surface area contributed by atoms with Gasteiger partial charge in [-0.3, -0.25) is 4.31 Å². The van der Waals surface area contributed by atoms with Crippen LogP contribution in [0.3, 0.4) is 0 Å². The molecule has 0 atom stereocenters. The van der Waals surface area contributed by atoms with Crippen LogP contribution >= 0.6 is 0 Å². The molecule has 0 fully saturated rings. The van der Waals surface area contributed by atoms with Crippen molar-refractivity contribution < 1.29 is 13.5 Å². The van der Waals surface area contributed by atoms with Crippen molar-refractivity contribution in [1.29, 1.82) is 0 Å². The van der Waals surface area contributed by atoms with E-state index in [2.05, 4.69) is 4.98 Å². The molecule has 2 rings (SSSR count). The van der Waals surface area contributed by atoms with Gasteiger partial charge in [0.25, 0.3) is 10.0 Å². The third kappa shape index (κ3) is 3.22. The summed E-state index contributed by atoms with van der Waals surface area (Å²) in [6.45, 7) is 3.68. The van der Waals surface area contributed by atoms with Crippen LogP contribution in [-0.2, 0) is 16.6 Å². The lowest BCUT2D eigenvalue weighted by atomic mass is 10.1. The predicted octanol–water partition coefficient (Wildman–Crippen LogP) is 2.02. The van der Waals surface area contributed by atoms with Gasteiger partial charge in [-0.05, 0) is 48.7 Å². The second kappa shape index (κ2) is 5.83. The maximum atomic E-state index is 12.6. The smallest absolute Gasteiger partial charge is 0.281 e. The lowest BCUT2D eigenvalue weighted by Crippen LogP contribution is -2.27. The topological polar surface area (TPSA) is 70.5 Å². The van der Waals surface area contributed by atoms with Gasteiger partial charge in [-0.25, -0.2) is 4.98 Å². The number of aliphatic hydroxyl groups is 1. The Labute approximate surface area is 124 Å². The number of nitrogens with zero attached hydrogens (tertiary/aromatic N) is 2. The normalized spacial score (nSPS) is 11.4. The van der Waals surface area contributed by atoms with Gasteiger partial charge >= 0.3 is 0 Å². The molecular formula is C15H18N2O3S. The lowest BCUT2D eigenvalue weighted by Gasteiger charge is -2.20. The van der Waals surface area contributed by atoms with Gasteiger partial charge in [0.15, 0.2) is 5.03 Å². The average Bonchev–Trinajstić information content (AvgIpc) is 2.45. The zero-order chi connectivity index (χ0) is 15.6. The molecule has 2 aromatic rings. The van der Waals surface area contributed by atoms with Gasteiger partial charge < -0.3 is 5.11 Å². The molecule has 0 amide bonds. The highest BCUT2D eigenvalue weighted by atomic mass is 32.2. The van der Waals surface area contributed by atoms with Crippen LogP contribution in [0.5, 0.6) is 0 Å². The zero-order valence-corrected chi connectivity index (χ0v) is 13.1. The fraction of sp³-hybridized carbons (Fsp3) is 0.267. The first-order valence-electron chi connectivity index (χ1n) is 6.47. The summed E-state index contributed by atoms with van der Waals surface area (Å²) < 4.78 is 26.3. The van der Waals surface area contributed by atoms with Gasteiger partial charge in [-0.2, -0.15) is 8.42 Å². The summed E-state index contributed by atoms with van der Waals surface area (Å²) in [4.78, 5) is 3.92. The van der Waals surface area contributed by atoms with E-state index in [-0.39, 0.29) is 11.6 Å². The molecule has 0 unspecified atom stereocenters. The molecule has 0 saturated heterocycles. The highest BCUT2D eigenvalue weighted by Crippen LogP contribution is 2.23. The molecule has 0 aliphatic rings. The highest BCUT2D eigenvalue weighted by molar-refractivity contribution is 7.92. The predicted molar refractivity (Wildman–Crippen MR) is 81.7 cm³/mol. The molecular weight excluding hydrogens is 288 g/mol. The number of aliphatic hydroxyl groups excluding tert-OH is 1. The number of pyridine rings is 1. The van der Waals surface area contributed by atoms with Crippen molar-refractivity contribution >= 4 is 15.7 Å². The summed E-state index contributed by atoms with van der Waals surface area (Å²) >= 11 is 0. The average molecular weight is 306 g/mol. The first-order valence-corrected chi connectivity index (χ1v) is 7.91. The van der Waals surface area contributed by atoms with E-state index in [0.717, 1.165) is 11.1 Å². The third-order valence-corrected chi connectivity index (χ3v) is 4.88. The minimum Gasteiger partial charge on any atom is -0.392 e. The van der Waals surface area contributed by atoms with Crippen LogP contribution in [0.15, 0.2) is 41.6 Å². The maximum Gasteiger partial charge on any atom is 0.281 e. The Balaban J connectivity index is 2.41. The quantitative estimate of drug-likeness (QED) is 0.938. The molecule has 6 heteroatoms. The fourth-order valence-corrected chi connectivity index (χ4v) is 3.16. The monoisotopic (exact) mass is 306 g/mol. The van der Waals surface area contributed by atoms with Crippen LogP contribution in [0.2, 0.25) is 0 Å². The third-order valence-electron chi connectivity index (χ3n) is 3.18. The minimum atomic E-state index is -3.71. The number of aryl methyl sites for hydroxylation is 2. The lowest BCUT2D eigenvalue weighted by molar-refractivity contribution is 0.281. The van der Waals surface area contributed by atoms with Crippen molar-refractivity contribution in [3.05, 3.63) is 53.2 Å². The van der Waals surface area contributed by atoms with E-state index < -0.39 is 10.0 Å². The highest BCUT2D eigenvalue weighted by Gasteiger charge is 2.22. The first kappa shape index (κ1) is 15.5. The summed E-state index contributed by atoms with van der Waals surface area (Å²) in [7, 11) is -2.20. The van der Waals surface area contributed by atoms with Crippen molar-refractivity contribution in [3.63, 3.8) is 0 Å². The van der Waals surface area contributed by atoms with Crippen LogP contribution < -0.4 is 4.31 Å². The SMILES string of the molecule is Cc1cc(C)cc(N(C)S(=O)(=O)c2ccc(CO)cn2)c1. The van der Waals surface area contributed by atoms with Crippen LogP contribution in [0.4, 0.5) is 5.69 Å². The van der Waals surface area contributed by atoms with Crippen molar-refractivity contribution in [2.75, 3.05) is 11.4 Å². The maximum absolute atomic E-state index is 12.6. The second-order valence-corrected chi connectivity index (χ2v) is 6.90. The van der Waals surface area contributed by atoms with E-state index >= 15 is 0 Å². The first-order chi connectivity index (χ1) is 9.84. The van der Waals surface area contributed by atoms with Crippen LogP contribution in [0.1, 0.15) is 16.7 Å². The van der Waals surface area contributed by atoms with Gasteiger partial charge in [0.05, 0.1) is 12.3 Å². The molecule has 0 saturated carbocycles. The summed E-state index contributed by atoms with van der Waals surface area (Å²) in [5.41, 5.74) is 3.16. The van der Waals surface area contributed by atoms with Crippen molar-refractivity contribution in [2.24, 2.45) is 0 Å². The van der Waals surface area contributed by atoms with E-state index in [9.17, 15) is 8.42 Å². The Hall–Kier alpha value is -1.92. The molecule has 1 aromatic heterocycles. The van der Waals surface area contributed by atoms with Crippen LogP contribution in [0.25, 0.3) is 0 Å². The Morgan fingerprint density at radius 2 is 1.76 bits per heavy atom. The molecule has 0 aliphatic heterocycles. The molecule has 21 heavy (non-hydrogen) atoms. The number of anilines is 1.